The number of carbonyl (C=O) groups is 1. The van der Waals surface area contributed by atoms with E-state index < -0.39 is 11.6 Å². The molecule has 0 aromatic heterocycles. The fourth-order valence-corrected chi connectivity index (χ4v) is 4.35. The van der Waals surface area contributed by atoms with E-state index in [2.05, 4.69) is 18.0 Å². The molecule has 136 valence electrons. The van der Waals surface area contributed by atoms with Crippen LogP contribution in [0.5, 0.6) is 0 Å². The quantitative estimate of drug-likeness (QED) is 0.772. The van der Waals surface area contributed by atoms with Crippen molar-refractivity contribution in [2.75, 3.05) is 31.6 Å². The summed E-state index contributed by atoms with van der Waals surface area (Å²) in [7, 11) is 2.13. The smallest absolute Gasteiger partial charge is 0.258 e. The Bertz CT molecular complexity index is 854. The lowest BCUT2D eigenvalue weighted by Gasteiger charge is -2.29. The van der Waals surface area contributed by atoms with E-state index in [1.54, 1.807) is 4.90 Å². The molecule has 0 radical (unpaired) electrons. The van der Waals surface area contributed by atoms with Gasteiger partial charge in [0.25, 0.3) is 5.91 Å². The summed E-state index contributed by atoms with van der Waals surface area (Å²) in [5.74, 6) is -2.20. The lowest BCUT2D eigenvalue weighted by molar-refractivity contribution is 0.0983. The molecule has 2 heterocycles. The van der Waals surface area contributed by atoms with Gasteiger partial charge in [-0.2, -0.15) is 0 Å². The average molecular weight is 356 g/mol. The molecule has 2 aliphatic rings. The van der Waals surface area contributed by atoms with Gasteiger partial charge in [0.05, 0.1) is 0 Å². The van der Waals surface area contributed by atoms with Crippen molar-refractivity contribution in [1.82, 2.24) is 4.90 Å². The van der Waals surface area contributed by atoms with Crippen LogP contribution in [0.3, 0.4) is 0 Å². The average Bonchev–Trinajstić information content (AvgIpc) is 2.84. The first-order valence-corrected chi connectivity index (χ1v) is 9.05. The van der Waals surface area contributed by atoms with Crippen LogP contribution >= 0.6 is 0 Å². The molecule has 1 amide bonds. The second-order valence-electron chi connectivity index (χ2n) is 7.47. The molecule has 1 fully saturated rings. The third-order valence-electron chi connectivity index (χ3n) is 5.81. The predicted molar refractivity (Wildman–Crippen MR) is 97.5 cm³/mol. The first kappa shape index (κ1) is 17.2. The molecule has 2 aromatic carbocycles. The third-order valence-corrected chi connectivity index (χ3v) is 5.81. The van der Waals surface area contributed by atoms with Crippen molar-refractivity contribution in [1.29, 1.82) is 0 Å². The maximum Gasteiger partial charge on any atom is 0.258 e. The molecule has 5 heteroatoms. The summed E-state index contributed by atoms with van der Waals surface area (Å²) in [4.78, 5) is 17.1. The highest BCUT2D eigenvalue weighted by molar-refractivity contribution is 6.07. The molecule has 1 unspecified atom stereocenters. The summed E-state index contributed by atoms with van der Waals surface area (Å²) < 4.78 is 26.9. The molecule has 1 saturated heterocycles. The van der Waals surface area contributed by atoms with Crippen molar-refractivity contribution in [3.8, 4) is 0 Å². The van der Waals surface area contributed by atoms with Crippen LogP contribution in [-0.2, 0) is 5.41 Å². The molecule has 0 bridgehead atoms. The summed E-state index contributed by atoms with van der Waals surface area (Å²) in [5.41, 5.74) is 2.22. The van der Waals surface area contributed by atoms with E-state index in [4.69, 9.17) is 0 Å². The number of hydrogen-bond acceptors (Lipinski definition) is 2. The Labute approximate surface area is 152 Å². The number of para-hydroxylation sites is 1. The van der Waals surface area contributed by atoms with Gasteiger partial charge in [0.15, 0.2) is 11.6 Å². The van der Waals surface area contributed by atoms with Crippen LogP contribution in [0.25, 0.3) is 0 Å². The topological polar surface area (TPSA) is 23.6 Å². The van der Waals surface area contributed by atoms with Gasteiger partial charge in [0.1, 0.15) is 0 Å². The molecular weight excluding hydrogens is 334 g/mol. The van der Waals surface area contributed by atoms with Crippen LogP contribution in [0.4, 0.5) is 14.5 Å². The van der Waals surface area contributed by atoms with Gasteiger partial charge >= 0.3 is 0 Å². The van der Waals surface area contributed by atoms with Crippen molar-refractivity contribution in [3.63, 3.8) is 0 Å². The number of hydrogen-bond donors (Lipinski definition) is 0. The maximum absolute atomic E-state index is 13.6. The first-order valence-electron chi connectivity index (χ1n) is 9.05. The van der Waals surface area contributed by atoms with E-state index in [-0.39, 0.29) is 16.9 Å². The van der Waals surface area contributed by atoms with E-state index in [0.29, 0.717) is 6.54 Å². The lowest BCUT2D eigenvalue weighted by Crippen LogP contribution is -2.37. The van der Waals surface area contributed by atoms with E-state index in [9.17, 15) is 13.6 Å². The minimum atomic E-state index is -0.992. The molecule has 2 aliphatic heterocycles. The van der Waals surface area contributed by atoms with E-state index in [1.165, 1.54) is 11.6 Å². The number of amides is 1. The fraction of sp³-hybridized carbons (Fsp3) is 0.381. The largest absolute Gasteiger partial charge is 0.307 e. The van der Waals surface area contributed by atoms with Crippen molar-refractivity contribution in [3.05, 3.63) is 65.2 Å². The number of carbonyl (C=O) groups excluding carboxylic acids is 1. The fourth-order valence-electron chi connectivity index (χ4n) is 4.35. The monoisotopic (exact) mass is 356 g/mol. The Morgan fingerprint density at radius 3 is 2.65 bits per heavy atom. The minimum absolute atomic E-state index is 0.0599. The molecular formula is C21H22F2N2O. The molecule has 3 nitrogen and oxygen atoms in total. The van der Waals surface area contributed by atoms with Crippen LogP contribution in [0.2, 0.25) is 0 Å². The van der Waals surface area contributed by atoms with Gasteiger partial charge in [0, 0.05) is 23.2 Å². The van der Waals surface area contributed by atoms with E-state index >= 15 is 0 Å². The molecule has 1 spiro atoms. The van der Waals surface area contributed by atoms with Gasteiger partial charge < -0.3 is 9.80 Å². The highest BCUT2D eigenvalue weighted by atomic mass is 19.2. The minimum Gasteiger partial charge on any atom is -0.307 e. The summed E-state index contributed by atoms with van der Waals surface area (Å²) in [6.07, 6.45) is 3.09. The van der Waals surface area contributed by atoms with Gasteiger partial charge in [0.2, 0.25) is 0 Å². The Kier molecular flexibility index (Phi) is 4.27. The maximum atomic E-state index is 13.6. The van der Waals surface area contributed by atoms with Crippen molar-refractivity contribution >= 4 is 11.6 Å². The normalized spacial score (nSPS) is 23.1. The molecule has 0 N–H and O–H groups in total. The summed E-state index contributed by atoms with van der Waals surface area (Å²) >= 11 is 0. The van der Waals surface area contributed by atoms with Gasteiger partial charge in [-0.1, -0.05) is 18.2 Å². The summed E-state index contributed by atoms with van der Waals surface area (Å²) in [5, 5.41) is 0. The molecule has 26 heavy (non-hydrogen) atoms. The summed E-state index contributed by atoms with van der Waals surface area (Å²) in [6, 6.07) is 11.4. The van der Waals surface area contributed by atoms with Crippen LogP contribution < -0.4 is 4.90 Å². The number of nitrogens with zero attached hydrogens (tertiary/aromatic N) is 2. The number of benzene rings is 2. The zero-order valence-electron chi connectivity index (χ0n) is 14.8. The van der Waals surface area contributed by atoms with Crippen LogP contribution in [0.15, 0.2) is 42.5 Å². The SMILES string of the molecule is CN1CCCC2(CC1)CN(C(=O)c1ccc(F)c(F)c1)c1ccccc12. The lowest BCUT2D eigenvalue weighted by atomic mass is 9.76. The summed E-state index contributed by atoms with van der Waals surface area (Å²) in [6.45, 7) is 2.64. The Balaban J connectivity index is 1.72. The van der Waals surface area contributed by atoms with Crippen molar-refractivity contribution in [2.45, 2.75) is 24.7 Å². The number of halogens is 2. The zero-order valence-corrected chi connectivity index (χ0v) is 14.8. The Hall–Kier alpha value is -2.27. The van der Waals surface area contributed by atoms with Gasteiger partial charge in [-0.15, -0.1) is 0 Å². The highest BCUT2D eigenvalue weighted by Gasteiger charge is 2.45. The number of anilines is 1. The van der Waals surface area contributed by atoms with E-state index in [0.717, 1.165) is 50.2 Å². The van der Waals surface area contributed by atoms with Crippen LogP contribution in [0, 0.1) is 11.6 Å². The molecule has 0 saturated carbocycles. The highest BCUT2D eigenvalue weighted by Crippen LogP contribution is 2.47. The predicted octanol–water partition coefficient (Wildman–Crippen LogP) is 3.98. The number of fused-ring (bicyclic) bond motifs is 2. The molecule has 1 atom stereocenters. The zero-order chi connectivity index (χ0) is 18.3. The Morgan fingerprint density at radius 1 is 1.04 bits per heavy atom. The van der Waals surface area contributed by atoms with Crippen molar-refractivity contribution < 1.29 is 13.6 Å². The Morgan fingerprint density at radius 2 is 1.85 bits per heavy atom. The molecule has 2 aromatic rings. The first-order chi connectivity index (χ1) is 12.5. The second kappa shape index (κ2) is 6.47. The van der Waals surface area contributed by atoms with Crippen molar-refractivity contribution in [2.24, 2.45) is 0 Å². The van der Waals surface area contributed by atoms with Gasteiger partial charge in [-0.05, 0) is 69.2 Å². The molecule has 4 rings (SSSR count). The van der Waals surface area contributed by atoms with Gasteiger partial charge in [-0.25, -0.2) is 8.78 Å². The third kappa shape index (κ3) is 2.80. The molecule has 0 aliphatic carbocycles. The van der Waals surface area contributed by atoms with Crippen LogP contribution in [-0.4, -0.2) is 37.5 Å². The second-order valence-corrected chi connectivity index (χ2v) is 7.47. The van der Waals surface area contributed by atoms with Gasteiger partial charge in [-0.3, -0.25) is 4.79 Å². The van der Waals surface area contributed by atoms with E-state index in [1.807, 2.05) is 18.2 Å². The number of likely N-dealkylation sites (tertiary alicyclic amines) is 1. The standard InChI is InChI=1S/C21H22F2N2O/c1-24-11-4-9-21(10-12-24)14-25(19-6-3-2-5-16(19)21)20(26)15-7-8-17(22)18(23)13-15/h2-3,5-8,13H,4,9-12,14H2,1H3. The van der Waals surface area contributed by atoms with Crippen LogP contribution in [0.1, 0.15) is 35.2 Å². The number of rotatable bonds is 1.